The van der Waals surface area contributed by atoms with Gasteiger partial charge in [0.2, 0.25) is 0 Å². The molecule has 45 heavy (non-hydrogen) atoms. The molecule has 3 aliphatic rings. The van der Waals surface area contributed by atoms with E-state index in [1.54, 1.807) is 19.4 Å². The lowest BCUT2D eigenvalue weighted by Crippen LogP contribution is -2.50. The first-order chi connectivity index (χ1) is 21.8. The molecular weight excluding hydrogens is 576 g/mol. The lowest BCUT2D eigenvalue weighted by Gasteiger charge is -2.40. The van der Waals surface area contributed by atoms with Crippen molar-refractivity contribution in [2.45, 2.75) is 75.9 Å². The van der Waals surface area contributed by atoms with Crippen molar-refractivity contribution in [1.82, 2.24) is 20.9 Å². The van der Waals surface area contributed by atoms with Crippen molar-refractivity contribution < 1.29 is 23.1 Å². The van der Waals surface area contributed by atoms with Gasteiger partial charge in [-0.3, -0.25) is 9.59 Å². The maximum Gasteiger partial charge on any atom is 0.252 e. The molecule has 3 aliphatic heterocycles. The molecule has 2 unspecified atom stereocenters. The summed E-state index contributed by atoms with van der Waals surface area (Å²) in [5, 5.41) is 9.28. The molecule has 2 atom stereocenters. The smallest absolute Gasteiger partial charge is 0.252 e. The van der Waals surface area contributed by atoms with Crippen molar-refractivity contribution in [1.29, 1.82) is 0 Å². The summed E-state index contributed by atoms with van der Waals surface area (Å²) in [4.78, 5) is 32.8. The average Bonchev–Trinajstić information content (AvgIpc) is 3.32. The van der Waals surface area contributed by atoms with Crippen LogP contribution in [0.25, 0.3) is 0 Å². The van der Waals surface area contributed by atoms with E-state index in [1.807, 2.05) is 31.2 Å². The molecular formula is C35H41F2N5O3. The average molecular weight is 618 g/mol. The predicted octanol–water partition coefficient (Wildman–Crippen LogP) is 5.05. The van der Waals surface area contributed by atoms with Crippen LogP contribution >= 0.6 is 0 Å². The summed E-state index contributed by atoms with van der Waals surface area (Å²) in [6.07, 6.45) is 7.03. The number of anilines is 1. The van der Waals surface area contributed by atoms with E-state index in [0.717, 1.165) is 63.0 Å². The third-order valence-corrected chi connectivity index (χ3v) is 9.73. The van der Waals surface area contributed by atoms with E-state index in [1.165, 1.54) is 12.1 Å². The Bertz CT molecular complexity index is 1510. The third-order valence-electron chi connectivity index (χ3n) is 9.73. The summed E-state index contributed by atoms with van der Waals surface area (Å²) in [5.74, 6) is 0.132. The molecule has 3 N–H and O–H groups in total. The van der Waals surface area contributed by atoms with Gasteiger partial charge in [0.1, 0.15) is 23.2 Å². The first kappa shape index (κ1) is 31.0. The predicted molar refractivity (Wildman–Crippen MR) is 169 cm³/mol. The lowest BCUT2D eigenvalue weighted by atomic mass is 9.89. The molecule has 0 saturated carbocycles. The number of pyridine rings is 1. The molecule has 3 aromatic rings. The number of nitrogens with one attached hydrogen (secondary N) is 3. The Balaban J connectivity index is 1.02. The first-order valence-corrected chi connectivity index (χ1v) is 16.0. The molecule has 0 radical (unpaired) electrons. The molecule has 3 saturated heterocycles. The highest BCUT2D eigenvalue weighted by molar-refractivity contribution is 5.96. The largest absolute Gasteiger partial charge is 0.496 e. The highest BCUT2D eigenvalue weighted by Gasteiger charge is 2.42. The van der Waals surface area contributed by atoms with Crippen LogP contribution in [-0.4, -0.2) is 61.7 Å². The van der Waals surface area contributed by atoms with Crippen molar-refractivity contribution in [2.24, 2.45) is 0 Å². The fourth-order valence-corrected chi connectivity index (χ4v) is 7.34. The molecule has 0 aliphatic carbocycles. The Morgan fingerprint density at radius 2 is 1.71 bits per heavy atom. The van der Waals surface area contributed by atoms with Crippen LogP contribution < -0.4 is 25.6 Å². The minimum atomic E-state index is -0.558. The molecule has 8 nitrogen and oxygen atoms in total. The molecule has 6 rings (SSSR count). The Labute approximate surface area is 262 Å². The number of piperidine rings is 2. The second kappa shape index (κ2) is 13.5. The van der Waals surface area contributed by atoms with Crippen LogP contribution in [0.5, 0.6) is 5.75 Å². The number of carbonyl (C=O) groups is 2. The molecule has 10 heteroatoms. The van der Waals surface area contributed by atoms with Crippen molar-refractivity contribution in [3.8, 4) is 5.75 Å². The van der Waals surface area contributed by atoms with Gasteiger partial charge in [-0.05, 0) is 113 Å². The fraction of sp³-hybridized carbons (Fsp3) is 0.457. The van der Waals surface area contributed by atoms with Crippen molar-refractivity contribution in [3.05, 3.63) is 88.1 Å². The minimum Gasteiger partial charge on any atom is -0.496 e. The molecule has 2 aromatic carbocycles. The van der Waals surface area contributed by atoms with Gasteiger partial charge in [-0.2, -0.15) is 0 Å². The molecule has 4 heterocycles. The zero-order chi connectivity index (χ0) is 31.5. The SMILES string of the molecule is COc1cccc(C(=O)NC2CC3CCC(C2)N3c2ccc(C(=O)NCCc3c(F)cc(C4CCNCC4)cc3F)cn2)c1C. The highest BCUT2D eigenvalue weighted by Crippen LogP contribution is 2.39. The molecule has 3 fully saturated rings. The number of hydrogen-bond acceptors (Lipinski definition) is 6. The number of carbonyl (C=O) groups excluding carboxylic acids is 2. The van der Waals surface area contributed by atoms with Crippen LogP contribution in [0.2, 0.25) is 0 Å². The minimum absolute atomic E-state index is 0.00449. The number of rotatable bonds is 9. The topological polar surface area (TPSA) is 95.6 Å². The van der Waals surface area contributed by atoms with Crippen molar-refractivity contribution in [2.75, 3.05) is 31.6 Å². The maximum absolute atomic E-state index is 14.8. The van der Waals surface area contributed by atoms with Crippen LogP contribution in [0.3, 0.4) is 0 Å². The monoisotopic (exact) mass is 617 g/mol. The zero-order valence-electron chi connectivity index (χ0n) is 25.9. The second-order valence-electron chi connectivity index (χ2n) is 12.5. The van der Waals surface area contributed by atoms with Crippen molar-refractivity contribution >= 4 is 17.6 Å². The van der Waals surface area contributed by atoms with E-state index < -0.39 is 11.6 Å². The van der Waals surface area contributed by atoms with Gasteiger partial charge in [-0.1, -0.05) is 6.07 Å². The maximum atomic E-state index is 14.8. The van der Waals surface area contributed by atoms with E-state index in [2.05, 4.69) is 25.8 Å². The second-order valence-corrected chi connectivity index (χ2v) is 12.5. The van der Waals surface area contributed by atoms with Crippen LogP contribution in [0.15, 0.2) is 48.7 Å². The highest BCUT2D eigenvalue weighted by atomic mass is 19.1. The fourth-order valence-electron chi connectivity index (χ4n) is 7.34. The Hall–Kier alpha value is -4.05. The number of benzene rings is 2. The summed E-state index contributed by atoms with van der Waals surface area (Å²) in [5.41, 5.74) is 2.54. The van der Waals surface area contributed by atoms with Gasteiger partial charge in [0.15, 0.2) is 0 Å². The number of nitrogens with zero attached hydrogens (tertiary/aromatic N) is 2. The van der Waals surface area contributed by atoms with Gasteiger partial charge < -0.3 is 25.6 Å². The number of aromatic nitrogens is 1. The first-order valence-electron chi connectivity index (χ1n) is 16.0. The van der Waals surface area contributed by atoms with E-state index in [4.69, 9.17) is 4.74 Å². The van der Waals surface area contributed by atoms with Crippen LogP contribution in [0.1, 0.15) is 81.8 Å². The van der Waals surface area contributed by atoms with Gasteiger partial charge in [-0.15, -0.1) is 0 Å². The van der Waals surface area contributed by atoms with Crippen LogP contribution in [0.4, 0.5) is 14.6 Å². The van der Waals surface area contributed by atoms with Gasteiger partial charge in [0.25, 0.3) is 11.8 Å². The summed E-state index contributed by atoms with van der Waals surface area (Å²) >= 11 is 0. The van der Waals surface area contributed by atoms with Crippen molar-refractivity contribution in [3.63, 3.8) is 0 Å². The van der Waals surface area contributed by atoms with Gasteiger partial charge >= 0.3 is 0 Å². The molecule has 2 amide bonds. The zero-order valence-corrected chi connectivity index (χ0v) is 25.9. The molecule has 1 aromatic heterocycles. The number of ether oxygens (including phenoxy) is 1. The third kappa shape index (κ3) is 6.66. The summed E-state index contributed by atoms with van der Waals surface area (Å²) in [7, 11) is 1.60. The Kier molecular flexibility index (Phi) is 9.30. The number of halogens is 2. The molecule has 0 spiro atoms. The Morgan fingerprint density at radius 1 is 1.00 bits per heavy atom. The van der Waals surface area contributed by atoms with Gasteiger partial charge in [-0.25, -0.2) is 13.8 Å². The van der Waals surface area contributed by atoms with Gasteiger partial charge in [0, 0.05) is 47.6 Å². The van der Waals surface area contributed by atoms with E-state index in [9.17, 15) is 18.4 Å². The van der Waals surface area contributed by atoms with Crippen LogP contribution in [-0.2, 0) is 6.42 Å². The summed E-state index contributed by atoms with van der Waals surface area (Å²) in [6, 6.07) is 12.6. The normalized spacial score (nSPS) is 21.4. The van der Waals surface area contributed by atoms with Gasteiger partial charge in [0.05, 0.1) is 12.7 Å². The van der Waals surface area contributed by atoms with E-state index in [-0.39, 0.29) is 54.4 Å². The standard InChI is InChI=1S/C35H41F2N5O3/c1-21-28(4-3-5-32(21)45-2)35(44)41-25-18-26-7-8-27(19-25)42(26)33-9-6-23(20-40-33)34(43)39-15-12-29-30(36)16-24(17-31(29)37)22-10-13-38-14-11-22/h3-6,9,16-17,20,22,25-27,38H,7-8,10-15,18-19H2,1-2H3,(H,39,43)(H,41,44). The quantitative estimate of drug-likeness (QED) is 0.311. The molecule has 238 valence electrons. The molecule has 2 bridgehead atoms. The van der Waals surface area contributed by atoms with E-state index >= 15 is 0 Å². The Morgan fingerprint density at radius 3 is 2.36 bits per heavy atom. The summed E-state index contributed by atoms with van der Waals surface area (Å²) < 4.78 is 35.0. The lowest BCUT2D eigenvalue weighted by molar-refractivity contribution is 0.0924. The number of fused-ring (bicyclic) bond motifs is 2. The summed E-state index contributed by atoms with van der Waals surface area (Å²) in [6.45, 7) is 3.70. The van der Waals surface area contributed by atoms with Crippen LogP contribution in [0, 0.1) is 18.6 Å². The number of methoxy groups -OCH3 is 1. The van der Waals surface area contributed by atoms with E-state index in [0.29, 0.717) is 22.4 Å². The number of amides is 2. The number of hydrogen-bond donors (Lipinski definition) is 3.